The van der Waals surface area contributed by atoms with Gasteiger partial charge in [-0.2, -0.15) is 0 Å². The molecule has 2 aromatic rings. The van der Waals surface area contributed by atoms with Crippen LogP contribution in [0.2, 0.25) is 10.0 Å². The number of nitrogens with one attached hydrogen (secondary N) is 1. The molecule has 0 radical (unpaired) electrons. The minimum Gasteiger partial charge on any atom is -0.484 e. The lowest BCUT2D eigenvalue weighted by atomic mass is 10.1. The number of nitrogens with zero attached hydrogens (tertiary/aromatic N) is 1. The van der Waals surface area contributed by atoms with Crippen LogP contribution in [-0.2, 0) is 16.1 Å². The molecule has 32 heavy (non-hydrogen) atoms. The topological polar surface area (TPSA) is 58.6 Å². The van der Waals surface area contributed by atoms with Gasteiger partial charge in [0.05, 0.1) is 0 Å². The minimum atomic E-state index is -0.614. The van der Waals surface area contributed by atoms with E-state index in [2.05, 4.69) is 5.32 Å². The number of halogens is 2. The van der Waals surface area contributed by atoms with Crippen LogP contribution in [0.1, 0.15) is 50.2 Å². The van der Waals surface area contributed by atoms with Gasteiger partial charge in [0, 0.05) is 22.6 Å². The third-order valence-electron chi connectivity index (χ3n) is 5.83. The maximum absolute atomic E-state index is 13.3. The van der Waals surface area contributed by atoms with Gasteiger partial charge >= 0.3 is 0 Å². The Labute approximate surface area is 200 Å². The lowest BCUT2D eigenvalue weighted by molar-refractivity contribution is -0.143. The Morgan fingerprint density at radius 3 is 2.44 bits per heavy atom. The first kappa shape index (κ1) is 24.4. The molecule has 1 atom stereocenters. The summed E-state index contributed by atoms with van der Waals surface area (Å²) < 4.78 is 5.72. The maximum atomic E-state index is 13.3. The van der Waals surface area contributed by atoms with Gasteiger partial charge in [-0.05, 0) is 56.0 Å². The summed E-state index contributed by atoms with van der Waals surface area (Å²) in [5, 5.41) is 4.10. The van der Waals surface area contributed by atoms with E-state index in [1.165, 1.54) is 0 Å². The van der Waals surface area contributed by atoms with Gasteiger partial charge in [-0.15, -0.1) is 0 Å². The van der Waals surface area contributed by atoms with E-state index >= 15 is 0 Å². The number of hydrogen-bond acceptors (Lipinski definition) is 3. The quantitative estimate of drug-likeness (QED) is 0.516. The Morgan fingerprint density at radius 1 is 1.12 bits per heavy atom. The fourth-order valence-electron chi connectivity index (χ4n) is 3.98. The summed E-state index contributed by atoms with van der Waals surface area (Å²) in [5.74, 6) is 0.204. The fraction of sp³-hybridized carbons (Fsp3) is 0.440. The monoisotopic (exact) mass is 476 g/mol. The van der Waals surface area contributed by atoms with E-state index in [4.69, 9.17) is 27.9 Å². The molecule has 0 spiro atoms. The Kier molecular flexibility index (Phi) is 8.83. The van der Waals surface area contributed by atoms with E-state index in [9.17, 15) is 9.59 Å². The molecule has 1 aliphatic carbocycles. The van der Waals surface area contributed by atoms with E-state index in [1.54, 1.807) is 23.1 Å². The van der Waals surface area contributed by atoms with E-state index in [1.807, 2.05) is 38.1 Å². The number of hydrogen-bond donors (Lipinski definition) is 1. The standard InChI is InChI=1S/C25H30Cl2N2O3/c1-3-23(25(31)28-20-6-4-5-7-20)29(15-18-10-11-19(26)14-22(18)27)24(30)16-32-21-12-8-17(2)9-13-21/h8-14,20,23H,3-7,15-16H2,1-2H3,(H,28,31). The second kappa shape index (κ2) is 11.6. The lowest BCUT2D eigenvalue weighted by Gasteiger charge is -2.31. The summed E-state index contributed by atoms with van der Waals surface area (Å²) in [7, 11) is 0. The van der Waals surface area contributed by atoms with E-state index < -0.39 is 6.04 Å². The van der Waals surface area contributed by atoms with Gasteiger partial charge in [0.1, 0.15) is 11.8 Å². The van der Waals surface area contributed by atoms with Crippen molar-refractivity contribution >= 4 is 35.0 Å². The van der Waals surface area contributed by atoms with Crippen LogP contribution in [0.25, 0.3) is 0 Å². The Bertz CT molecular complexity index is 927. The van der Waals surface area contributed by atoms with Crippen molar-refractivity contribution in [2.45, 2.75) is 64.6 Å². The number of aryl methyl sites for hydroxylation is 1. The lowest BCUT2D eigenvalue weighted by Crippen LogP contribution is -2.52. The average Bonchev–Trinajstić information content (AvgIpc) is 3.27. The van der Waals surface area contributed by atoms with Crippen LogP contribution in [-0.4, -0.2) is 35.4 Å². The maximum Gasteiger partial charge on any atom is 0.261 e. The van der Waals surface area contributed by atoms with Crippen LogP contribution >= 0.6 is 23.2 Å². The third-order valence-corrected chi connectivity index (χ3v) is 6.41. The van der Waals surface area contributed by atoms with Crippen molar-refractivity contribution in [2.75, 3.05) is 6.61 Å². The van der Waals surface area contributed by atoms with Crippen molar-refractivity contribution in [1.29, 1.82) is 0 Å². The number of carbonyl (C=O) groups is 2. The smallest absolute Gasteiger partial charge is 0.261 e. The van der Waals surface area contributed by atoms with Crippen molar-refractivity contribution in [3.8, 4) is 5.75 Å². The summed E-state index contributed by atoms with van der Waals surface area (Å²) in [6, 6.07) is 12.2. The SMILES string of the molecule is CCC(C(=O)NC1CCCC1)N(Cc1ccc(Cl)cc1Cl)C(=O)COc1ccc(C)cc1. The van der Waals surface area contributed by atoms with Crippen molar-refractivity contribution in [3.05, 3.63) is 63.6 Å². The van der Waals surface area contributed by atoms with Gasteiger partial charge in [-0.1, -0.05) is 66.7 Å². The van der Waals surface area contributed by atoms with Gasteiger partial charge in [0.15, 0.2) is 6.61 Å². The van der Waals surface area contributed by atoms with Crippen molar-refractivity contribution in [1.82, 2.24) is 10.2 Å². The first-order valence-corrected chi connectivity index (χ1v) is 11.9. The highest BCUT2D eigenvalue weighted by atomic mass is 35.5. The molecule has 2 aromatic carbocycles. The molecule has 0 aromatic heterocycles. The van der Waals surface area contributed by atoms with Crippen molar-refractivity contribution in [2.24, 2.45) is 0 Å². The summed E-state index contributed by atoms with van der Waals surface area (Å²) in [4.78, 5) is 27.9. The van der Waals surface area contributed by atoms with Gasteiger partial charge in [0.25, 0.3) is 5.91 Å². The van der Waals surface area contributed by atoms with Gasteiger partial charge in [0.2, 0.25) is 5.91 Å². The second-order valence-corrected chi connectivity index (χ2v) is 9.12. The molecular weight excluding hydrogens is 447 g/mol. The fourth-order valence-corrected chi connectivity index (χ4v) is 4.45. The number of rotatable bonds is 9. The number of ether oxygens (including phenoxy) is 1. The Morgan fingerprint density at radius 2 is 1.81 bits per heavy atom. The molecule has 3 rings (SSSR count). The second-order valence-electron chi connectivity index (χ2n) is 8.27. The van der Waals surface area contributed by atoms with Crippen LogP contribution in [0.15, 0.2) is 42.5 Å². The summed E-state index contributed by atoms with van der Waals surface area (Å²) in [5.41, 5.74) is 1.84. The Hall–Kier alpha value is -2.24. The van der Waals surface area contributed by atoms with E-state index in [0.29, 0.717) is 22.2 Å². The van der Waals surface area contributed by atoms with Gasteiger partial charge in [-0.25, -0.2) is 0 Å². The molecule has 2 amide bonds. The highest BCUT2D eigenvalue weighted by Crippen LogP contribution is 2.24. The largest absolute Gasteiger partial charge is 0.484 e. The summed E-state index contributed by atoms with van der Waals surface area (Å²) in [6.45, 7) is 3.93. The molecule has 0 aliphatic heterocycles. The molecule has 7 heteroatoms. The summed E-state index contributed by atoms with van der Waals surface area (Å²) >= 11 is 12.4. The predicted molar refractivity (Wildman–Crippen MR) is 128 cm³/mol. The van der Waals surface area contributed by atoms with E-state index in [-0.39, 0.29) is 31.0 Å². The van der Waals surface area contributed by atoms with Crippen molar-refractivity contribution in [3.63, 3.8) is 0 Å². The third kappa shape index (κ3) is 6.63. The van der Waals surface area contributed by atoms with Crippen LogP contribution in [0.3, 0.4) is 0 Å². The van der Waals surface area contributed by atoms with Crippen molar-refractivity contribution < 1.29 is 14.3 Å². The first-order chi connectivity index (χ1) is 15.4. The molecule has 1 aliphatic rings. The zero-order valence-electron chi connectivity index (χ0n) is 18.6. The molecular formula is C25H30Cl2N2O3. The number of carbonyl (C=O) groups excluding carboxylic acids is 2. The zero-order chi connectivity index (χ0) is 23.1. The molecule has 1 N–H and O–H groups in total. The molecule has 172 valence electrons. The first-order valence-electron chi connectivity index (χ1n) is 11.1. The van der Waals surface area contributed by atoms with E-state index in [0.717, 1.165) is 36.8 Å². The molecule has 1 unspecified atom stereocenters. The van der Waals surface area contributed by atoms with Crippen LogP contribution in [0, 0.1) is 6.92 Å². The molecule has 0 bridgehead atoms. The molecule has 1 saturated carbocycles. The number of benzene rings is 2. The minimum absolute atomic E-state index is 0.131. The zero-order valence-corrected chi connectivity index (χ0v) is 20.1. The molecule has 1 fully saturated rings. The van der Waals surface area contributed by atoms with Gasteiger partial charge in [-0.3, -0.25) is 9.59 Å². The van der Waals surface area contributed by atoms with Gasteiger partial charge < -0.3 is 15.0 Å². The normalized spacial score (nSPS) is 14.8. The number of amides is 2. The summed E-state index contributed by atoms with van der Waals surface area (Å²) in [6.07, 6.45) is 4.69. The molecule has 5 nitrogen and oxygen atoms in total. The average molecular weight is 477 g/mol. The van der Waals surface area contributed by atoms with Crippen LogP contribution < -0.4 is 10.1 Å². The molecule has 0 heterocycles. The predicted octanol–water partition coefficient (Wildman–Crippen LogP) is 5.55. The highest BCUT2D eigenvalue weighted by Gasteiger charge is 2.31. The Balaban J connectivity index is 1.78. The van der Waals surface area contributed by atoms with Crippen LogP contribution in [0.5, 0.6) is 5.75 Å². The molecule has 0 saturated heterocycles. The van der Waals surface area contributed by atoms with Crippen LogP contribution in [0.4, 0.5) is 0 Å². The highest BCUT2D eigenvalue weighted by molar-refractivity contribution is 6.35.